The molecule has 18 heavy (non-hydrogen) atoms. The van der Waals surface area contributed by atoms with E-state index < -0.39 is 17.2 Å². The lowest BCUT2D eigenvalue weighted by Crippen LogP contribution is -2.29. The Kier molecular flexibility index (Phi) is 3.64. The van der Waals surface area contributed by atoms with Gasteiger partial charge in [0.15, 0.2) is 0 Å². The van der Waals surface area contributed by atoms with Crippen molar-refractivity contribution < 1.29 is 23.0 Å². The Morgan fingerprint density at radius 1 is 1.28 bits per heavy atom. The largest absolute Gasteiger partial charge is 0.416 e. The quantitative estimate of drug-likeness (QED) is 0.905. The van der Waals surface area contributed by atoms with Gasteiger partial charge in [-0.3, -0.25) is 0 Å². The summed E-state index contributed by atoms with van der Waals surface area (Å²) in [5.74, 6) is 0. The van der Waals surface area contributed by atoms with Gasteiger partial charge < -0.3 is 9.84 Å². The van der Waals surface area contributed by atoms with Crippen molar-refractivity contribution in [1.29, 1.82) is 0 Å². The number of aliphatic hydroxyl groups is 1. The summed E-state index contributed by atoms with van der Waals surface area (Å²) in [5.41, 5.74) is -0.962. The molecule has 1 atom stereocenters. The highest BCUT2D eigenvalue weighted by Crippen LogP contribution is 2.37. The fourth-order valence-corrected chi connectivity index (χ4v) is 2.32. The van der Waals surface area contributed by atoms with Gasteiger partial charge in [-0.1, -0.05) is 18.2 Å². The van der Waals surface area contributed by atoms with E-state index in [0.717, 1.165) is 6.07 Å². The van der Waals surface area contributed by atoms with Crippen LogP contribution in [0.3, 0.4) is 0 Å². The average molecular weight is 260 g/mol. The van der Waals surface area contributed by atoms with Crippen LogP contribution in [-0.4, -0.2) is 24.9 Å². The summed E-state index contributed by atoms with van der Waals surface area (Å²) >= 11 is 0. The normalized spacial score (nSPS) is 24.4. The van der Waals surface area contributed by atoms with E-state index in [4.69, 9.17) is 4.74 Å². The van der Waals surface area contributed by atoms with Crippen molar-refractivity contribution in [1.82, 2.24) is 0 Å². The second-order valence-electron chi connectivity index (χ2n) is 4.79. The molecule has 1 heterocycles. The van der Waals surface area contributed by atoms with Crippen molar-refractivity contribution in [2.24, 2.45) is 5.41 Å². The highest BCUT2D eigenvalue weighted by atomic mass is 19.4. The average Bonchev–Trinajstić information content (AvgIpc) is 2.78. The van der Waals surface area contributed by atoms with Crippen LogP contribution in [0.5, 0.6) is 0 Å². The minimum Gasteiger partial charge on any atom is -0.396 e. The second-order valence-corrected chi connectivity index (χ2v) is 4.79. The van der Waals surface area contributed by atoms with Crippen LogP contribution in [-0.2, 0) is 17.3 Å². The van der Waals surface area contributed by atoms with Crippen LogP contribution >= 0.6 is 0 Å². The van der Waals surface area contributed by atoms with E-state index >= 15 is 0 Å². The molecule has 5 heteroatoms. The molecular formula is C13H15F3O2. The zero-order valence-electron chi connectivity index (χ0n) is 9.83. The first-order valence-electron chi connectivity index (χ1n) is 5.81. The highest BCUT2D eigenvalue weighted by molar-refractivity contribution is 5.30. The topological polar surface area (TPSA) is 29.5 Å². The Balaban J connectivity index is 2.29. The van der Waals surface area contributed by atoms with Crippen LogP contribution in [0.1, 0.15) is 17.5 Å². The molecule has 100 valence electrons. The number of hydrogen-bond donors (Lipinski definition) is 1. The van der Waals surface area contributed by atoms with Crippen LogP contribution in [0.25, 0.3) is 0 Å². The molecule has 1 aliphatic rings. The second kappa shape index (κ2) is 4.90. The first-order valence-corrected chi connectivity index (χ1v) is 5.81. The standard InChI is InChI=1S/C13H15F3O2/c14-13(15,16)11-4-2-1-3-10(11)7-12(8-17)5-6-18-9-12/h1-4,17H,5-9H2. The van der Waals surface area contributed by atoms with Crippen molar-refractivity contribution in [2.75, 3.05) is 19.8 Å². The number of alkyl halides is 3. The number of hydrogen-bond acceptors (Lipinski definition) is 2. The molecule has 1 N–H and O–H groups in total. The predicted octanol–water partition coefficient (Wildman–Crippen LogP) is 2.65. The molecule has 1 fully saturated rings. The zero-order chi connectivity index (χ0) is 13.2. The SMILES string of the molecule is OCC1(Cc2ccccc2C(F)(F)F)CCOC1. The predicted molar refractivity (Wildman–Crippen MR) is 60.1 cm³/mol. The molecule has 1 aromatic rings. The molecule has 0 saturated carbocycles. The van der Waals surface area contributed by atoms with E-state index in [1.54, 1.807) is 6.07 Å². The maximum atomic E-state index is 12.9. The van der Waals surface area contributed by atoms with Gasteiger partial charge in [0.05, 0.1) is 18.8 Å². The molecule has 1 aliphatic heterocycles. The van der Waals surface area contributed by atoms with Crippen LogP contribution < -0.4 is 0 Å². The molecule has 1 aromatic carbocycles. The number of rotatable bonds is 3. The van der Waals surface area contributed by atoms with Gasteiger partial charge in [-0.2, -0.15) is 13.2 Å². The van der Waals surface area contributed by atoms with Gasteiger partial charge in [-0.25, -0.2) is 0 Å². The van der Waals surface area contributed by atoms with Crippen molar-refractivity contribution in [2.45, 2.75) is 19.0 Å². The summed E-state index contributed by atoms with van der Waals surface area (Å²) in [6, 6.07) is 5.52. The first-order chi connectivity index (χ1) is 8.47. The highest BCUT2D eigenvalue weighted by Gasteiger charge is 2.38. The minimum atomic E-state index is -4.35. The van der Waals surface area contributed by atoms with Crippen molar-refractivity contribution >= 4 is 0 Å². The number of halogens is 3. The van der Waals surface area contributed by atoms with E-state index in [2.05, 4.69) is 0 Å². The van der Waals surface area contributed by atoms with Gasteiger partial charge in [0.2, 0.25) is 0 Å². The maximum absolute atomic E-state index is 12.9. The van der Waals surface area contributed by atoms with Crippen molar-refractivity contribution in [3.05, 3.63) is 35.4 Å². The van der Waals surface area contributed by atoms with Gasteiger partial charge >= 0.3 is 6.18 Å². The molecule has 1 unspecified atom stereocenters. The Morgan fingerprint density at radius 2 is 2.00 bits per heavy atom. The summed E-state index contributed by atoms with van der Waals surface area (Å²) in [5, 5.41) is 9.41. The van der Waals surface area contributed by atoms with Gasteiger partial charge in [0.25, 0.3) is 0 Å². The fraction of sp³-hybridized carbons (Fsp3) is 0.538. The molecule has 0 aromatic heterocycles. The van der Waals surface area contributed by atoms with Gasteiger partial charge in [0.1, 0.15) is 0 Å². The van der Waals surface area contributed by atoms with Crippen LogP contribution in [0.2, 0.25) is 0 Å². The summed E-state index contributed by atoms with van der Waals surface area (Å²) in [6.07, 6.45) is -3.57. The lowest BCUT2D eigenvalue weighted by atomic mass is 9.80. The van der Waals surface area contributed by atoms with Crippen molar-refractivity contribution in [3.63, 3.8) is 0 Å². The molecule has 2 rings (SSSR count). The van der Waals surface area contributed by atoms with Crippen LogP contribution in [0.15, 0.2) is 24.3 Å². The number of ether oxygens (including phenoxy) is 1. The monoisotopic (exact) mass is 260 g/mol. The molecule has 0 aliphatic carbocycles. The molecule has 0 amide bonds. The third-order valence-corrected chi connectivity index (χ3v) is 3.41. The Morgan fingerprint density at radius 3 is 2.56 bits per heavy atom. The minimum absolute atomic E-state index is 0.154. The molecule has 2 nitrogen and oxygen atoms in total. The third-order valence-electron chi connectivity index (χ3n) is 3.41. The molecule has 1 saturated heterocycles. The summed E-state index contributed by atoms with van der Waals surface area (Å²) < 4.78 is 43.8. The van der Waals surface area contributed by atoms with Crippen molar-refractivity contribution in [3.8, 4) is 0 Å². The van der Waals surface area contributed by atoms with E-state index in [0.29, 0.717) is 19.6 Å². The zero-order valence-corrected chi connectivity index (χ0v) is 9.83. The molecule has 0 spiro atoms. The van der Waals surface area contributed by atoms with E-state index in [9.17, 15) is 18.3 Å². The van der Waals surface area contributed by atoms with Gasteiger partial charge in [0, 0.05) is 12.0 Å². The maximum Gasteiger partial charge on any atom is 0.416 e. The third kappa shape index (κ3) is 2.67. The lowest BCUT2D eigenvalue weighted by molar-refractivity contribution is -0.138. The Bertz CT molecular complexity index is 409. The first kappa shape index (κ1) is 13.4. The smallest absolute Gasteiger partial charge is 0.396 e. The van der Waals surface area contributed by atoms with Crippen LogP contribution in [0.4, 0.5) is 13.2 Å². The fourth-order valence-electron chi connectivity index (χ4n) is 2.32. The summed E-state index contributed by atoms with van der Waals surface area (Å²) in [7, 11) is 0. The number of benzene rings is 1. The Hall–Kier alpha value is -1.07. The number of aliphatic hydroxyl groups excluding tert-OH is 1. The van der Waals surface area contributed by atoms with Crippen LogP contribution in [0, 0.1) is 5.41 Å². The molecular weight excluding hydrogens is 245 g/mol. The summed E-state index contributed by atoms with van der Waals surface area (Å²) in [4.78, 5) is 0. The van der Waals surface area contributed by atoms with Gasteiger partial charge in [-0.05, 0) is 24.5 Å². The van der Waals surface area contributed by atoms with Gasteiger partial charge in [-0.15, -0.1) is 0 Å². The summed E-state index contributed by atoms with van der Waals surface area (Å²) in [6.45, 7) is 0.656. The molecule has 0 radical (unpaired) electrons. The van der Waals surface area contributed by atoms with E-state index in [1.165, 1.54) is 12.1 Å². The molecule has 0 bridgehead atoms. The van der Waals surface area contributed by atoms with E-state index in [1.807, 2.05) is 0 Å². The Labute approximate surface area is 103 Å². The lowest BCUT2D eigenvalue weighted by Gasteiger charge is -2.26. The van der Waals surface area contributed by atoms with E-state index in [-0.39, 0.29) is 18.6 Å².